The van der Waals surface area contributed by atoms with Gasteiger partial charge in [0.2, 0.25) is 17.7 Å². The maximum absolute atomic E-state index is 14.5. The van der Waals surface area contributed by atoms with E-state index in [1.54, 1.807) is 7.05 Å². The van der Waals surface area contributed by atoms with Gasteiger partial charge in [0.1, 0.15) is 18.7 Å². The molecule has 1 unspecified atom stereocenters. The molecule has 3 aromatic carbocycles. The Morgan fingerprint density at radius 3 is 2.37 bits per heavy atom. The zero-order valence-electron chi connectivity index (χ0n) is 28.8. The highest BCUT2D eigenvalue weighted by molar-refractivity contribution is 5.92. The van der Waals surface area contributed by atoms with Gasteiger partial charge in [-0.05, 0) is 86.3 Å². The van der Waals surface area contributed by atoms with Crippen molar-refractivity contribution in [3.05, 3.63) is 83.4 Å². The predicted molar refractivity (Wildman–Crippen MR) is 186 cm³/mol. The first kappa shape index (κ1) is 36.4. The molecule has 5 rings (SSSR count). The molecule has 3 amide bonds. The lowest BCUT2D eigenvalue weighted by molar-refractivity contribution is -0.149. The highest BCUT2D eigenvalue weighted by Gasteiger charge is 2.35. The second-order valence-corrected chi connectivity index (χ2v) is 13.5. The molecular weight excluding hydrogens is 628 g/mol. The molecule has 2 aliphatic heterocycles. The van der Waals surface area contributed by atoms with Gasteiger partial charge in [-0.2, -0.15) is 0 Å². The van der Waals surface area contributed by atoms with Gasteiger partial charge >= 0.3 is 0 Å². The summed E-state index contributed by atoms with van der Waals surface area (Å²) >= 11 is 0. The number of amides is 3. The molecule has 0 aromatic heterocycles. The topological polar surface area (TPSA) is 94.2 Å². The van der Waals surface area contributed by atoms with Crippen molar-refractivity contribution in [2.24, 2.45) is 0 Å². The average Bonchev–Trinajstić information content (AvgIpc) is 3.78. The van der Waals surface area contributed by atoms with E-state index in [0.29, 0.717) is 24.8 Å². The maximum atomic E-state index is 14.5. The molecule has 2 saturated heterocycles. The number of carbonyl (C=O) groups excluding carboxylic acids is 3. The first-order valence-corrected chi connectivity index (χ1v) is 17.3. The number of ether oxygens (including phenoxy) is 1. The summed E-state index contributed by atoms with van der Waals surface area (Å²) < 4.78 is 33.8. The second-order valence-electron chi connectivity index (χ2n) is 13.5. The first-order valence-electron chi connectivity index (χ1n) is 17.3. The van der Waals surface area contributed by atoms with Crippen LogP contribution in [0.25, 0.3) is 10.8 Å². The molecule has 0 spiro atoms. The lowest BCUT2D eigenvalue weighted by Gasteiger charge is -2.35. The first-order chi connectivity index (χ1) is 23.6. The Kier molecular flexibility index (Phi) is 12.7. The second kappa shape index (κ2) is 17.1. The van der Waals surface area contributed by atoms with Crippen molar-refractivity contribution in [3.8, 4) is 0 Å². The van der Waals surface area contributed by atoms with Crippen molar-refractivity contribution in [1.82, 2.24) is 25.3 Å². The lowest BCUT2D eigenvalue weighted by Crippen LogP contribution is -2.56. The molecule has 2 fully saturated rings. The van der Waals surface area contributed by atoms with Crippen LogP contribution in [0.1, 0.15) is 43.2 Å². The van der Waals surface area contributed by atoms with Crippen molar-refractivity contribution in [1.29, 1.82) is 0 Å². The van der Waals surface area contributed by atoms with E-state index in [0.717, 1.165) is 73.7 Å². The van der Waals surface area contributed by atoms with Crippen LogP contribution in [0.5, 0.6) is 0 Å². The number of halogens is 2. The lowest BCUT2D eigenvalue weighted by atomic mass is 9.98. The molecule has 11 heteroatoms. The number of likely N-dealkylation sites (tertiary alicyclic amines) is 1. The molecular formula is C38H49F2N5O4. The fourth-order valence-corrected chi connectivity index (χ4v) is 6.95. The van der Waals surface area contributed by atoms with Crippen LogP contribution in [-0.4, -0.2) is 111 Å². The zero-order chi connectivity index (χ0) is 34.9. The van der Waals surface area contributed by atoms with Crippen molar-refractivity contribution < 1.29 is 27.9 Å². The van der Waals surface area contributed by atoms with E-state index in [2.05, 4.69) is 22.6 Å². The van der Waals surface area contributed by atoms with Gasteiger partial charge in [-0.3, -0.25) is 14.4 Å². The Morgan fingerprint density at radius 1 is 0.918 bits per heavy atom. The number of rotatable bonds is 15. The largest absolute Gasteiger partial charge is 0.370 e. The number of fused-ring (bicyclic) bond motifs is 1. The molecule has 2 aliphatic rings. The van der Waals surface area contributed by atoms with Crippen molar-refractivity contribution in [2.75, 3.05) is 54.0 Å². The molecule has 3 aromatic rings. The van der Waals surface area contributed by atoms with Crippen LogP contribution in [0, 0.1) is 11.6 Å². The number of carbonyl (C=O) groups is 3. The number of hydrogen-bond donors (Lipinski definition) is 2. The summed E-state index contributed by atoms with van der Waals surface area (Å²) in [5, 5.41) is 8.40. The van der Waals surface area contributed by atoms with Gasteiger partial charge in [0.15, 0.2) is 11.6 Å². The summed E-state index contributed by atoms with van der Waals surface area (Å²) in [6, 6.07) is 15.9. The fraction of sp³-hybridized carbons (Fsp3) is 0.500. The van der Waals surface area contributed by atoms with Gasteiger partial charge < -0.3 is 30.1 Å². The minimum absolute atomic E-state index is 0.0353. The Balaban J connectivity index is 1.37. The van der Waals surface area contributed by atoms with Gasteiger partial charge in [-0.15, -0.1) is 0 Å². The molecule has 49 heavy (non-hydrogen) atoms. The smallest absolute Gasteiger partial charge is 0.249 e. The Labute approximate surface area is 287 Å². The SMILES string of the molecule is CN1CCCC1CCNC(=O)[C@@H](Cc1ccc(F)c(F)c1)N(C)C(=O)[C@@H](Cc1ccc2ccccc2c1)N(C)C(=O)COC[C@H]1CCCN1. The maximum Gasteiger partial charge on any atom is 0.249 e. The van der Waals surface area contributed by atoms with Crippen molar-refractivity contribution in [3.63, 3.8) is 0 Å². The number of nitrogens with one attached hydrogen (secondary N) is 2. The fourth-order valence-electron chi connectivity index (χ4n) is 6.95. The zero-order valence-corrected chi connectivity index (χ0v) is 28.8. The molecule has 0 saturated carbocycles. The van der Waals surface area contributed by atoms with Crippen LogP contribution >= 0.6 is 0 Å². The third-order valence-corrected chi connectivity index (χ3v) is 10.1. The van der Waals surface area contributed by atoms with E-state index in [1.807, 2.05) is 42.5 Å². The van der Waals surface area contributed by atoms with Crippen LogP contribution < -0.4 is 10.6 Å². The molecule has 2 heterocycles. The van der Waals surface area contributed by atoms with Gasteiger partial charge in [0.05, 0.1) is 6.61 Å². The van der Waals surface area contributed by atoms with Crippen LogP contribution in [0.3, 0.4) is 0 Å². The monoisotopic (exact) mass is 677 g/mol. The van der Waals surface area contributed by atoms with Crippen LogP contribution in [-0.2, 0) is 32.0 Å². The van der Waals surface area contributed by atoms with Gasteiger partial charge in [0.25, 0.3) is 0 Å². The number of nitrogens with zero attached hydrogens (tertiary/aromatic N) is 3. The van der Waals surface area contributed by atoms with Crippen LogP contribution in [0.4, 0.5) is 8.78 Å². The van der Waals surface area contributed by atoms with Crippen LogP contribution in [0.15, 0.2) is 60.7 Å². The van der Waals surface area contributed by atoms with Gasteiger partial charge in [-0.25, -0.2) is 8.78 Å². The van der Waals surface area contributed by atoms with Crippen molar-refractivity contribution >= 4 is 28.5 Å². The highest BCUT2D eigenvalue weighted by Crippen LogP contribution is 2.21. The van der Waals surface area contributed by atoms with E-state index < -0.39 is 35.5 Å². The quantitative estimate of drug-likeness (QED) is 0.254. The predicted octanol–water partition coefficient (Wildman–Crippen LogP) is 3.93. The summed E-state index contributed by atoms with van der Waals surface area (Å²) in [5.74, 6) is -3.21. The minimum atomic E-state index is -1.04. The summed E-state index contributed by atoms with van der Waals surface area (Å²) in [5.41, 5.74) is 1.22. The Hall–Kier alpha value is -3.93. The van der Waals surface area contributed by atoms with E-state index in [1.165, 1.54) is 22.9 Å². The summed E-state index contributed by atoms with van der Waals surface area (Å²) in [4.78, 5) is 46.8. The summed E-state index contributed by atoms with van der Waals surface area (Å²) in [7, 11) is 5.19. The van der Waals surface area contributed by atoms with Gasteiger partial charge in [0, 0.05) is 45.6 Å². The molecule has 0 bridgehead atoms. The Morgan fingerprint density at radius 2 is 1.65 bits per heavy atom. The summed E-state index contributed by atoms with van der Waals surface area (Å²) in [6.45, 7) is 2.57. The molecule has 4 atom stereocenters. The van der Waals surface area contributed by atoms with E-state index in [-0.39, 0.29) is 31.4 Å². The third-order valence-electron chi connectivity index (χ3n) is 10.1. The number of likely N-dealkylation sites (N-methyl/N-ethyl adjacent to an activating group) is 2. The third kappa shape index (κ3) is 9.61. The summed E-state index contributed by atoms with van der Waals surface area (Å²) in [6.07, 6.45) is 5.14. The highest BCUT2D eigenvalue weighted by atomic mass is 19.2. The normalized spacial score (nSPS) is 19.1. The molecule has 264 valence electrons. The van der Waals surface area contributed by atoms with E-state index >= 15 is 0 Å². The average molecular weight is 678 g/mol. The van der Waals surface area contributed by atoms with Crippen molar-refractivity contribution in [2.45, 2.75) is 69.1 Å². The minimum Gasteiger partial charge on any atom is -0.370 e. The molecule has 9 nitrogen and oxygen atoms in total. The van der Waals surface area contributed by atoms with Crippen LogP contribution in [0.2, 0.25) is 0 Å². The van der Waals surface area contributed by atoms with E-state index in [4.69, 9.17) is 4.74 Å². The molecule has 2 N–H and O–H groups in total. The van der Waals surface area contributed by atoms with Gasteiger partial charge in [-0.1, -0.05) is 48.5 Å². The number of benzene rings is 3. The number of hydrogen-bond acceptors (Lipinski definition) is 6. The molecule has 0 aliphatic carbocycles. The molecule has 0 radical (unpaired) electrons. The van der Waals surface area contributed by atoms with E-state index in [9.17, 15) is 23.2 Å². The standard InChI is InChI=1S/C38H49F2N5O4/c1-43-19-7-11-31(43)16-18-42-37(47)34(22-27-13-15-32(39)33(40)21-27)45(3)38(48)35(23-26-12-14-28-8-4-5-9-29(28)20-26)44(2)36(46)25-49-24-30-10-6-17-41-30/h4-5,8-9,12-15,20-21,30-31,34-35,41H,6-7,10-11,16-19,22-25H2,1-3H3,(H,42,47)/t30-,31?,34-,35-/m1/s1. The Bertz CT molecular complexity index is 1600.